The zero-order chi connectivity index (χ0) is 89.8. The molecule has 3 atom stereocenters. The van der Waals surface area contributed by atoms with E-state index >= 15 is 0 Å². The molecule has 0 radical (unpaired) electrons. The fourth-order valence-corrected chi connectivity index (χ4v) is 16.3. The van der Waals surface area contributed by atoms with Gasteiger partial charge in [0.25, 0.3) is 0 Å². The molecule has 0 fully saturated rings. The van der Waals surface area contributed by atoms with Crippen molar-refractivity contribution in [2.24, 2.45) is 16.7 Å². The Bertz CT molecular complexity index is 4250. The molecule has 0 bridgehead atoms. The van der Waals surface area contributed by atoms with E-state index in [0.717, 1.165) is 139 Å². The number of esters is 1. The Kier molecular flexibility index (Phi) is 46.7. The summed E-state index contributed by atoms with van der Waals surface area (Å²) in [5.41, 5.74) is 4.55. The second-order valence-corrected chi connectivity index (χ2v) is 62.6. The molecular formula is C91H155Br2FN8O14Si4. The molecule has 0 aromatic carbocycles. The Morgan fingerprint density at radius 2 is 0.950 bits per heavy atom. The average molecular weight is 1880 g/mol. The van der Waals surface area contributed by atoms with Crippen molar-refractivity contribution in [1.29, 1.82) is 0 Å². The molecule has 0 saturated carbocycles. The van der Waals surface area contributed by atoms with Crippen LogP contribution in [0.1, 0.15) is 154 Å². The number of aryl methyl sites for hydroxylation is 1. The van der Waals surface area contributed by atoms with E-state index in [0.29, 0.717) is 81.8 Å². The maximum Gasteiger partial charge on any atom is 0.310 e. The third kappa shape index (κ3) is 41.9. The van der Waals surface area contributed by atoms with Crippen molar-refractivity contribution >= 4 is 114 Å². The van der Waals surface area contributed by atoms with Gasteiger partial charge in [-0.1, -0.05) is 127 Å². The summed E-state index contributed by atoms with van der Waals surface area (Å²) in [6, 6.07) is 20.7. The maximum absolute atomic E-state index is 13.4. The van der Waals surface area contributed by atoms with Gasteiger partial charge in [-0.3, -0.25) is 4.79 Å². The van der Waals surface area contributed by atoms with Crippen molar-refractivity contribution < 1.29 is 71.1 Å². The highest BCUT2D eigenvalue weighted by Gasteiger charge is 2.28. The Balaban J connectivity index is 0.000000324. The zero-order valence-corrected chi connectivity index (χ0v) is 86.0. The molecule has 1 aliphatic rings. The van der Waals surface area contributed by atoms with Crippen LogP contribution in [-0.4, -0.2) is 185 Å². The van der Waals surface area contributed by atoms with Gasteiger partial charge >= 0.3 is 5.97 Å². The Hall–Kier alpha value is -4.97. The van der Waals surface area contributed by atoms with Gasteiger partial charge in [-0.15, -0.1) is 0 Å². The van der Waals surface area contributed by atoms with E-state index < -0.39 is 43.8 Å². The molecule has 8 aromatic heterocycles. The molecule has 3 unspecified atom stereocenters. The van der Waals surface area contributed by atoms with Gasteiger partial charge in [-0.25, -0.2) is 4.98 Å². The number of fused-ring (bicyclic) bond motifs is 5. The number of pyridine rings is 4. The number of carbonyl (C=O) groups excluding carboxylic acids is 1. The van der Waals surface area contributed by atoms with E-state index in [1.165, 1.54) is 23.4 Å². The van der Waals surface area contributed by atoms with Crippen molar-refractivity contribution in [3.05, 3.63) is 99.3 Å². The molecule has 8 aromatic rings. The minimum Gasteiger partial charge on any atom is -0.477 e. The van der Waals surface area contributed by atoms with E-state index in [2.05, 4.69) is 185 Å². The van der Waals surface area contributed by atoms with Crippen molar-refractivity contribution in [1.82, 2.24) is 38.2 Å². The number of hydrogen-bond acceptors (Lipinski definition) is 18. The average Bonchev–Trinajstić information content (AvgIpc) is 1.65. The van der Waals surface area contributed by atoms with Crippen LogP contribution in [0.3, 0.4) is 0 Å². The van der Waals surface area contributed by atoms with Crippen LogP contribution in [0.4, 0.5) is 4.39 Å². The number of nitrogens with zero attached hydrogens (tertiary/aromatic N) is 8. The van der Waals surface area contributed by atoms with Crippen LogP contribution < -0.4 is 14.2 Å². The lowest BCUT2D eigenvalue weighted by Gasteiger charge is -2.27. The number of aliphatic hydroxyl groups is 1. The summed E-state index contributed by atoms with van der Waals surface area (Å²) in [7, 11) is -4.32. The molecule has 1 N–H and O–H groups in total. The first-order valence-corrected chi connectivity index (χ1v) is 60.1. The first-order chi connectivity index (χ1) is 56.2. The summed E-state index contributed by atoms with van der Waals surface area (Å²) < 4.78 is 91.8. The zero-order valence-electron chi connectivity index (χ0n) is 78.8. The van der Waals surface area contributed by atoms with Crippen LogP contribution in [0, 0.1) is 22.7 Å². The van der Waals surface area contributed by atoms with Crippen LogP contribution in [0.15, 0.2) is 82.3 Å². The summed E-state index contributed by atoms with van der Waals surface area (Å²) in [5, 5.41) is 13.2. The predicted molar refractivity (Wildman–Crippen MR) is 508 cm³/mol. The topological polar surface area (TPSA) is 219 Å². The molecule has 0 amide bonds. The van der Waals surface area contributed by atoms with Crippen LogP contribution in [0.5, 0.6) is 17.6 Å². The van der Waals surface area contributed by atoms with E-state index in [4.69, 9.17) is 76.9 Å². The number of halogens is 3. The van der Waals surface area contributed by atoms with E-state index in [1.54, 1.807) is 6.07 Å². The molecule has 120 heavy (non-hydrogen) atoms. The lowest BCUT2D eigenvalue weighted by Crippen LogP contribution is -2.28. The molecular weight excluding hydrogens is 1720 g/mol. The van der Waals surface area contributed by atoms with E-state index in [9.17, 15) is 9.18 Å². The molecule has 0 saturated heterocycles. The maximum atomic E-state index is 13.4. The number of carbonyl (C=O) groups is 1. The summed E-state index contributed by atoms with van der Waals surface area (Å²) in [4.78, 5) is 30.9. The lowest BCUT2D eigenvalue weighted by molar-refractivity contribution is -0.156. The van der Waals surface area contributed by atoms with E-state index in [-0.39, 0.29) is 54.2 Å². The van der Waals surface area contributed by atoms with Gasteiger partial charge in [0.1, 0.15) is 55.1 Å². The van der Waals surface area contributed by atoms with Crippen LogP contribution in [0.25, 0.3) is 44.1 Å². The van der Waals surface area contributed by atoms with Crippen LogP contribution >= 0.6 is 31.9 Å². The van der Waals surface area contributed by atoms with Gasteiger partial charge in [0, 0.05) is 161 Å². The fraction of sp³-hybridized carbons (Fsp3) is 0.681. The highest BCUT2D eigenvalue weighted by molar-refractivity contribution is 9.10. The number of ether oxygens (including phenoxy) is 12. The monoisotopic (exact) mass is 1870 g/mol. The highest BCUT2D eigenvalue weighted by Crippen LogP contribution is 2.34. The van der Waals surface area contributed by atoms with Crippen LogP contribution in [-0.2, 0) is 87.2 Å². The summed E-state index contributed by atoms with van der Waals surface area (Å²) in [6.45, 7) is 70.2. The number of rotatable bonds is 43. The van der Waals surface area contributed by atoms with Gasteiger partial charge in [0.05, 0.1) is 47.4 Å². The minimum atomic E-state index is -1.14. The molecule has 29 heteroatoms. The predicted octanol–water partition coefficient (Wildman–Crippen LogP) is 23.5. The number of aliphatic hydroxyl groups excluding tert-OH is 1. The van der Waals surface area contributed by atoms with Crippen molar-refractivity contribution in [2.75, 3.05) is 79.3 Å². The lowest BCUT2D eigenvalue weighted by atomic mass is 9.88. The van der Waals surface area contributed by atoms with Crippen molar-refractivity contribution in [2.45, 2.75) is 309 Å². The first-order valence-electron chi connectivity index (χ1n) is 43.7. The van der Waals surface area contributed by atoms with Gasteiger partial charge in [0.15, 0.2) is 6.29 Å². The SMILES string of the molecule is CC.CCOC(C)CC(C)(C)COc1nc2c(ccn2COCC[Si](C)(C)C)cc1Br.CCOC(C)CC(C)COc1nc2c(ccn2COCC[Si](C)(C)C)cc1CC(=O)OC(C)(C)C.CCOC(CC(C)(C)CO)OCC.C[Si](C)(C)CCOCn1ccc2cc(Br)c(F)nc21.C[Si](C)(C)CCOCn1ccc2cc3c(nc21)OCCCC3. The Morgan fingerprint density at radius 3 is 1.39 bits per heavy atom. The third-order valence-electron chi connectivity index (χ3n) is 19.0. The summed E-state index contributed by atoms with van der Waals surface area (Å²) in [6.07, 6.45) is 14.1. The quantitative estimate of drug-likeness (QED) is 0.0123. The summed E-state index contributed by atoms with van der Waals surface area (Å²) >= 11 is 6.75. The minimum absolute atomic E-state index is 0.00733. The molecule has 9 heterocycles. The van der Waals surface area contributed by atoms with Gasteiger partial charge in [-0.05, 0) is 210 Å². The Morgan fingerprint density at radius 1 is 0.533 bits per heavy atom. The number of hydrogen-bond donors (Lipinski definition) is 1. The summed E-state index contributed by atoms with van der Waals surface area (Å²) in [5.74, 6) is 1.40. The Labute approximate surface area is 741 Å². The molecule has 680 valence electrons. The largest absolute Gasteiger partial charge is 0.477 e. The van der Waals surface area contributed by atoms with Gasteiger partial charge in [0.2, 0.25) is 23.6 Å². The standard InChI is InChI=1S/C27H46N2O5Si.C22H37BrN2O3Si.C17H26N2O2Si.C13H18BrFN2OSi.C10H22O3.C2H6/c1-10-32-21(3)15-20(2)18-33-26-23(17-24(30)34-27(4,5)6)16-22-11-12-29(25(22)28-26)19-31-13-14-35(7,8)9;1-8-27-17(2)14-22(3,4)15-28-21-19(23)13-18-9-10-25(20(18)24-21)16-26-11-12-29(5,6)7;1-22(2,3)11-10-20-13-19-8-7-14-12-15-6-4-5-9-21-17(15)18-16(14)19;1-19(2,3)7-6-18-9-17-5-4-10-8-11(14)12(15)16-13(10)17;1-5-12-9(13-6-2)7-10(3,4)8-11;1-2/h11-12,16,20-21H,10,13-15,17-19H2,1-9H3;9-10,13,17H,8,11-12,14-16H2,1-7H3;7-8,12H,4-6,9-11,13H2,1-3H3;4-5,8H,6-7,9H2,1-3H3;9,11H,5-8H2,1-4H3;1-2H3. The van der Waals surface area contributed by atoms with Gasteiger partial charge in [-0.2, -0.15) is 19.3 Å². The highest BCUT2D eigenvalue weighted by atomic mass is 79.9. The molecule has 1 aliphatic heterocycles. The van der Waals surface area contributed by atoms with E-state index in [1.807, 2.05) is 127 Å². The fourth-order valence-electron chi connectivity index (χ4n) is 12.5. The smallest absolute Gasteiger partial charge is 0.310 e. The molecule has 0 spiro atoms. The third-order valence-corrected chi connectivity index (χ3v) is 27.0. The van der Waals surface area contributed by atoms with Crippen LogP contribution in [0.2, 0.25) is 103 Å². The molecule has 9 rings (SSSR count). The molecule has 22 nitrogen and oxygen atoms in total. The van der Waals surface area contributed by atoms with Crippen molar-refractivity contribution in [3.63, 3.8) is 0 Å². The first kappa shape index (κ1) is 107. The second-order valence-electron chi connectivity index (χ2n) is 38.4. The normalized spacial score (nSPS) is 13.6. The van der Waals surface area contributed by atoms with Gasteiger partial charge < -0.3 is 80.2 Å². The number of aromatic nitrogens is 8. The van der Waals surface area contributed by atoms with Crippen molar-refractivity contribution in [3.8, 4) is 17.6 Å². The molecule has 0 aliphatic carbocycles. The second kappa shape index (κ2) is 52.2.